The van der Waals surface area contributed by atoms with E-state index < -0.39 is 25.1 Å². The number of nitrogens with one attached hydrogen (secondary N) is 1. The molecule has 1 amide bonds. The summed E-state index contributed by atoms with van der Waals surface area (Å²) in [4.78, 5) is 24.8. The second kappa shape index (κ2) is 10.1. The maximum Gasteiger partial charge on any atom is 0.387 e. The quantitative estimate of drug-likeness (QED) is 0.544. The molecule has 6 nitrogen and oxygen atoms in total. The number of benzene rings is 2. The maximum atomic E-state index is 12.4. The van der Waals surface area contributed by atoms with Crippen LogP contribution in [0.4, 0.5) is 14.5 Å². The van der Waals surface area contributed by atoms with E-state index in [1.165, 1.54) is 36.0 Å². The molecule has 0 radical (unpaired) electrons. The van der Waals surface area contributed by atoms with Gasteiger partial charge in [-0.05, 0) is 24.3 Å². The Morgan fingerprint density at radius 1 is 1.15 bits per heavy atom. The summed E-state index contributed by atoms with van der Waals surface area (Å²) < 4.78 is 33.9. The summed E-state index contributed by atoms with van der Waals surface area (Å²) in [7, 11) is 0. The van der Waals surface area contributed by atoms with Crippen molar-refractivity contribution in [2.24, 2.45) is 0 Å². The lowest BCUT2D eigenvalue weighted by molar-refractivity contribution is -0.119. The molecule has 2 rings (SSSR count). The highest BCUT2D eigenvalue weighted by Crippen LogP contribution is 2.26. The van der Waals surface area contributed by atoms with Gasteiger partial charge in [-0.2, -0.15) is 14.0 Å². The molecule has 0 aromatic heterocycles. The third kappa shape index (κ3) is 6.27. The number of thioether (sulfide) groups is 1. The molecule has 0 unspecified atom stereocenters. The van der Waals surface area contributed by atoms with Gasteiger partial charge < -0.3 is 14.8 Å². The highest BCUT2D eigenvalue weighted by molar-refractivity contribution is 7.99. The van der Waals surface area contributed by atoms with Crippen LogP contribution in [0.25, 0.3) is 0 Å². The van der Waals surface area contributed by atoms with E-state index in [1.54, 1.807) is 24.3 Å². The molecule has 2 aromatic carbocycles. The average Bonchev–Trinajstić information content (AvgIpc) is 2.65. The van der Waals surface area contributed by atoms with Crippen LogP contribution >= 0.6 is 11.8 Å². The van der Waals surface area contributed by atoms with Crippen molar-refractivity contribution in [3.8, 4) is 11.8 Å². The van der Waals surface area contributed by atoms with Gasteiger partial charge in [-0.1, -0.05) is 24.3 Å². The first-order valence-electron chi connectivity index (χ1n) is 7.61. The Hall–Kier alpha value is -3.12. The van der Waals surface area contributed by atoms with Crippen molar-refractivity contribution in [3.05, 3.63) is 54.1 Å². The molecule has 0 atom stereocenters. The van der Waals surface area contributed by atoms with Gasteiger partial charge in [-0.3, -0.25) is 4.79 Å². The van der Waals surface area contributed by atoms with Gasteiger partial charge in [-0.25, -0.2) is 4.79 Å². The van der Waals surface area contributed by atoms with E-state index in [1.807, 2.05) is 6.07 Å². The molecule has 0 spiro atoms. The van der Waals surface area contributed by atoms with E-state index in [2.05, 4.69) is 10.1 Å². The van der Waals surface area contributed by atoms with Crippen LogP contribution in [0.15, 0.2) is 53.4 Å². The molecule has 0 aliphatic carbocycles. The molecule has 9 heteroatoms. The summed E-state index contributed by atoms with van der Waals surface area (Å²) >= 11 is 1.25. The fourth-order valence-electron chi connectivity index (χ4n) is 2.03. The molecule has 0 saturated carbocycles. The van der Waals surface area contributed by atoms with Gasteiger partial charge in [-0.15, -0.1) is 11.8 Å². The molecule has 0 bridgehead atoms. The lowest BCUT2D eigenvalue weighted by Gasteiger charge is -2.11. The maximum absolute atomic E-state index is 12.4. The van der Waals surface area contributed by atoms with Gasteiger partial charge in [0.1, 0.15) is 11.3 Å². The van der Waals surface area contributed by atoms with Crippen molar-refractivity contribution in [1.82, 2.24) is 0 Å². The Balaban J connectivity index is 1.97. The molecule has 2 aromatic rings. The van der Waals surface area contributed by atoms with Crippen LogP contribution in [0.5, 0.6) is 5.75 Å². The summed E-state index contributed by atoms with van der Waals surface area (Å²) in [6, 6.07) is 14.2. The third-order valence-corrected chi connectivity index (χ3v) is 4.05. The molecule has 0 heterocycles. The van der Waals surface area contributed by atoms with Crippen molar-refractivity contribution < 1.29 is 27.8 Å². The number of esters is 1. The van der Waals surface area contributed by atoms with Gasteiger partial charge in [0.2, 0.25) is 0 Å². The number of halogens is 2. The van der Waals surface area contributed by atoms with Crippen LogP contribution < -0.4 is 10.1 Å². The summed E-state index contributed by atoms with van der Waals surface area (Å²) in [6.07, 6.45) is 0. The minimum absolute atomic E-state index is 0.211. The van der Waals surface area contributed by atoms with Crippen molar-refractivity contribution in [2.45, 2.75) is 11.5 Å². The Labute approximate surface area is 158 Å². The number of carbonyl (C=O) groups excluding carboxylic acids is 2. The molecule has 27 heavy (non-hydrogen) atoms. The highest BCUT2D eigenvalue weighted by Gasteiger charge is 2.18. The van der Waals surface area contributed by atoms with E-state index >= 15 is 0 Å². The molecule has 0 saturated heterocycles. The number of rotatable bonds is 8. The van der Waals surface area contributed by atoms with E-state index in [0.717, 1.165) is 0 Å². The minimum Gasteiger partial charge on any atom is -0.452 e. The first-order valence-corrected chi connectivity index (χ1v) is 8.59. The number of para-hydroxylation sites is 2. The summed E-state index contributed by atoms with van der Waals surface area (Å²) in [5.41, 5.74) is 0.260. The predicted octanol–water partition coefficient (Wildman–Crippen LogP) is 3.70. The van der Waals surface area contributed by atoms with E-state index in [0.29, 0.717) is 10.6 Å². The Morgan fingerprint density at radius 2 is 1.85 bits per heavy atom. The predicted molar refractivity (Wildman–Crippen MR) is 94.8 cm³/mol. The number of hydrogen-bond acceptors (Lipinski definition) is 6. The van der Waals surface area contributed by atoms with Gasteiger partial charge in [0, 0.05) is 4.90 Å². The topological polar surface area (TPSA) is 88.4 Å². The standard InChI is InChI=1S/C18H14F2N2O4S/c19-18(20)26-14-7-3-1-5-12(14)17(24)25-11-16(23)22-13-6-2-4-8-15(13)27-10-9-21/h1-8,18H,10-11H2,(H,22,23). The fraction of sp³-hybridized carbons (Fsp3) is 0.167. The SMILES string of the molecule is N#CCSc1ccccc1NC(=O)COC(=O)c1ccccc1OC(F)F. The van der Waals surface area contributed by atoms with Gasteiger partial charge in [0.05, 0.1) is 17.5 Å². The Morgan fingerprint density at radius 3 is 2.59 bits per heavy atom. The second-order valence-electron chi connectivity index (χ2n) is 4.94. The Bertz CT molecular complexity index is 855. The number of ether oxygens (including phenoxy) is 2. The number of hydrogen-bond donors (Lipinski definition) is 1. The third-order valence-electron chi connectivity index (χ3n) is 3.11. The number of amides is 1. The first-order chi connectivity index (χ1) is 13.0. The van der Waals surface area contributed by atoms with Crippen molar-refractivity contribution in [3.63, 3.8) is 0 Å². The van der Waals surface area contributed by atoms with E-state index in [-0.39, 0.29) is 17.1 Å². The first kappa shape index (κ1) is 20.2. The van der Waals surface area contributed by atoms with Gasteiger partial charge >= 0.3 is 12.6 Å². The zero-order valence-corrected chi connectivity index (χ0v) is 14.7. The largest absolute Gasteiger partial charge is 0.452 e. The van der Waals surface area contributed by atoms with E-state index in [9.17, 15) is 18.4 Å². The number of nitriles is 1. The number of alkyl halides is 2. The van der Waals surface area contributed by atoms with Gasteiger partial charge in [0.25, 0.3) is 5.91 Å². The smallest absolute Gasteiger partial charge is 0.387 e. The summed E-state index contributed by atoms with van der Waals surface area (Å²) in [5.74, 6) is -1.70. The molecule has 140 valence electrons. The molecular weight excluding hydrogens is 378 g/mol. The van der Waals surface area contributed by atoms with Gasteiger partial charge in [0.15, 0.2) is 6.61 Å². The number of anilines is 1. The zero-order valence-electron chi connectivity index (χ0n) is 13.9. The number of carbonyl (C=O) groups is 2. The van der Waals surface area contributed by atoms with Crippen LogP contribution in [0, 0.1) is 11.3 Å². The minimum atomic E-state index is -3.09. The zero-order chi connectivity index (χ0) is 19.6. The molecular formula is C18H14F2N2O4S. The van der Waals surface area contributed by atoms with Crippen molar-refractivity contribution >= 4 is 29.3 Å². The van der Waals surface area contributed by atoms with Crippen LogP contribution in [-0.4, -0.2) is 30.8 Å². The molecule has 1 N–H and O–H groups in total. The average molecular weight is 392 g/mol. The number of nitrogens with zero attached hydrogens (tertiary/aromatic N) is 1. The summed E-state index contributed by atoms with van der Waals surface area (Å²) in [6.45, 7) is -3.70. The molecule has 0 aliphatic rings. The van der Waals surface area contributed by atoms with Crippen LogP contribution in [-0.2, 0) is 9.53 Å². The monoisotopic (exact) mass is 392 g/mol. The Kier molecular flexibility index (Phi) is 7.58. The normalized spacial score (nSPS) is 10.1. The molecule has 0 fully saturated rings. The second-order valence-corrected chi connectivity index (χ2v) is 5.96. The van der Waals surface area contributed by atoms with Crippen LogP contribution in [0.3, 0.4) is 0 Å². The highest BCUT2D eigenvalue weighted by atomic mass is 32.2. The van der Waals surface area contributed by atoms with Crippen LogP contribution in [0.2, 0.25) is 0 Å². The lowest BCUT2D eigenvalue weighted by Crippen LogP contribution is -2.21. The summed E-state index contributed by atoms with van der Waals surface area (Å²) in [5, 5.41) is 11.2. The lowest BCUT2D eigenvalue weighted by atomic mass is 10.2. The fourth-order valence-corrected chi connectivity index (χ4v) is 2.70. The van der Waals surface area contributed by atoms with Crippen LogP contribution in [0.1, 0.15) is 10.4 Å². The van der Waals surface area contributed by atoms with Crippen molar-refractivity contribution in [2.75, 3.05) is 17.7 Å². The van der Waals surface area contributed by atoms with Crippen molar-refractivity contribution in [1.29, 1.82) is 5.26 Å². The van der Waals surface area contributed by atoms with E-state index in [4.69, 9.17) is 10.00 Å². The molecule has 0 aliphatic heterocycles.